The molecule has 2 saturated carbocycles. The molecule has 1 aromatic carbocycles. The third-order valence-electron chi connectivity index (χ3n) is 5.43. The average molecular weight is 391 g/mol. The predicted molar refractivity (Wildman–Crippen MR) is 111 cm³/mol. The molecule has 0 heterocycles. The molecule has 2 aliphatic rings. The summed E-state index contributed by atoms with van der Waals surface area (Å²) < 4.78 is 0. The monoisotopic (exact) mass is 390 g/mol. The van der Waals surface area contributed by atoms with Gasteiger partial charge in [0, 0.05) is 42.0 Å². The molecule has 0 spiro atoms. The van der Waals surface area contributed by atoms with Crippen molar-refractivity contribution in [1.29, 1.82) is 0 Å². The highest BCUT2D eigenvalue weighted by Crippen LogP contribution is 2.41. The third kappa shape index (κ3) is 5.61. The number of halogens is 1. The minimum Gasteiger partial charge on any atom is -0.354 e. The summed E-state index contributed by atoms with van der Waals surface area (Å²) in [5, 5.41) is 10.9. The first-order chi connectivity index (χ1) is 13.0. The molecule has 0 radical (unpaired) electrons. The number of aliphatic imine (C=N–C) groups is 1. The van der Waals surface area contributed by atoms with Crippen LogP contribution in [-0.4, -0.2) is 37.0 Å². The summed E-state index contributed by atoms with van der Waals surface area (Å²) in [6, 6.07) is 8.96. The Bertz CT molecular complexity index is 691. The van der Waals surface area contributed by atoms with Gasteiger partial charge in [-0.05, 0) is 57.2 Å². The predicted octanol–water partition coefficient (Wildman–Crippen LogP) is 3.44. The fourth-order valence-electron chi connectivity index (χ4n) is 3.96. The van der Waals surface area contributed by atoms with E-state index in [2.05, 4.69) is 27.0 Å². The van der Waals surface area contributed by atoms with E-state index in [-0.39, 0.29) is 23.9 Å². The number of carbonyl (C=O) groups is 1. The Morgan fingerprint density at radius 2 is 2.04 bits per heavy atom. The van der Waals surface area contributed by atoms with Gasteiger partial charge in [-0.25, -0.2) is 0 Å². The molecular weight excluding hydrogens is 360 g/mol. The van der Waals surface area contributed by atoms with Crippen LogP contribution in [0, 0.1) is 5.92 Å². The SMILES string of the molecule is CN=C(NC1CCCC(C(=O)NC(C)C)C1)NC1CC1c1cccc(Cl)c1. The highest BCUT2D eigenvalue weighted by molar-refractivity contribution is 6.30. The number of carbonyl (C=O) groups excluding carboxylic acids is 1. The highest BCUT2D eigenvalue weighted by Gasteiger charge is 2.39. The average Bonchev–Trinajstić information content (AvgIpc) is 3.40. The second-order valence-electron chi connectivity index (χ2n) is 8.09. The zero-order valence-electron chi connectivity index (χ0n) is 16.5. The molecule has 148 valence electrons. The molecule has 0 aliphatic heterocycles. The lowest BCUT2D eigenvalue weighted by Crippen LogP contribution is -2.48. The van der Waals surface area contributed by atoms with Crippen LogP contribution in [0.5, 0.6) is 0 Å². The number of amides is 1. The van der Waals surface area contributed by atoms with Crippen LogP contribution in [-0.2, 0) is 4.79 Å². The molecule has 1 aromatic rings. The van der Waals surface area contributed by atoms with Crippen molar-refractivity contribution in [1.82, 2.24) is 16.0 Å². The van der Waals surface area contributed by atoms with E-state index in [0.29, 0.717) is 12.0 Å². The first kappa shape index (κ1) is 20.0. The van der Waals surface area contributed by atoms with Gasteiger partial charge in [0.2, 0.25) is 5.91 Å². The van der Waals surface area contributed by atoms with Gasteiger partial charge in [0.15, 0.2) is 5.96 Å². The Morgan fingerprint density at radius 1 is 1.22 bits per heavy atom. The summed E-state index contributed by atoms with van der Waals surface area (Å²) >= 11 is 6.11. The van der Waals surface area contributed by atoms with Gasteiger partial charge in [-0.3, -0.25) is 9.79 Å². The van der Waals surface area contributed by atoms with E-state index in [9.17, 15) is 4.79 Å². The molecule has 6 heteroatoms. The van der Waals surface area contributed by atoms with Crippen LogP contribution in [0.4, 0.5) is 0 Å². The van der Waals surface area contributed by atoms with Crippen LogP contribution >= 0.6 is 11.6 Å². The number of benzene rings is 1. The van der Waals surface area contributed by atoms with E-state index in [1.54, 1.807) is 7.05 Å². The minimum atomic E-state index is 0.0943. The van der Waals surface area contributed by atoms with Gasteiger partial charge >= 0.3 is 0 Å². The topological polar surface area (TPSA) is 65.5 Å². The number of hydrogen-bond donors (Lipinski definition) is 3. The summed E-state index contributed by atoms with van der Waals surface area (Å²) in [6.07, 6.45) is 5.07. The van der Waals surface area contributed by atoms with Gasteiger partial charge in [-0.1, -0.05) is 30.2 Å². The van der Waals surface area contributed by atoms with Crippen LogP contribution in [0.3, 0.4) is 0 Å². The molecule has 0 bridgehead atoms. The number of nitrogens with one attached hydrogen (secondary N) is 3. The van der Waals surface area contributed by atoms with Crippen molar-refractivity contribution >= 4 is 23.5 Å². The Kier molecular flexibility index (Phi) is 6.64. The van der Waals surface area contributed by atoms with Gasteiger partial charge in [0.1, 0.15) is 0 Å². The quantitative estimate of drug-likeness (QED) is 0.533. The number of hydrogen-bond acceptors (Lipinski definition) is 2. The van der Waals surface area contributed by atoms with E-state index in [1.165, 1.54) is 5.56 Å². The molecule has 5 nitrogen and oxygen atoms in total. The Labute approximate surface area is 167 Å². The molecule has 0 aromatic heterocycles. The van der Waals surface area contributed by atoms with E-state index in [4.69, 9.17) is 11.6 Å². The second-order valence-corrected chi connectivity index (χ2v) is 8.52. The molecule has 1 amide bonds. The summed E-state index contributed by atoms with van der Waals surface area (Å²) in [5.74, 6) is 1.59. The zero-order valence-corrected chi connectivity index (χ0v) is 17.2. The molecule has 4 atom stereocenters. The molecule has 27 heavy (non-hydrogen) atoms. The van der Waals surface area contributed by atoms with E-state index < -0.39 is 0 Å². The molecule has 2 fully saturated rings. The Balaban J connectivity index is 1.50. The Hall–Kier alpha value is -1.75. The highest BCUT2D eigenvalue weighted by atomic mass is 35.5. The smallest absolute Gasteiger partial charge is 0.223 e. The molecular formula is C21H31ClN4O. The van der Waals surface area contributed by atoms with E-state index in [1.807, 2.05) is 32.0 Å². The van der Waals surface area contributed by atoms with Crippen molar-refractivity contribution in [2.24, 2.45) is 10.9 Å². The fourth-order valence-corrected chi connectivity index (χ4v) is 4.16. The maximum Gasteiger partial charge on any atom is 0.223 e. The standard InChI is InChI=1S/C21H31ClN4O/c1-13(2)24-20(27)15-7-5-9-17(11-15)25-21(23-3)26-19-12-18(19)14-6-4-8-16(22)10-14/h4,6,8,10,13,15,17-19H,5,7,9,11-12H2,1-3H3,(H,24,27)(H2,23,25,26). The van der Waals surface area contributed by atoms with Crippen LogP contribution in [0.2, 0.25) is 5.02 Å². The van der Waals surface area contributed by atoms with Gasteiger partial charge in [-0.15, -0.1) is 0 Å². The van der Waals surface area contributed by atoms with Crippen LogP contribution < -0.4 is 16.0 Å². The maximum atomic E-state index is 12.3. The number of guanidine groups is 1. The fraction of sp³-hybridized carbons (Fsp3) is 0.619. The molecule has 2 aliphatic carbocycles. The van der Waals surface area contributed by atoms with Gasteiger partial charge < -0.3 is 16.0 Å². The minimum absolute atomic E-state index is 0.0943. The van der Waals surface area contributed by atoms with Crippen molar-refractivity contribution in [3.05, 3.63) is 34.9 Å². The largest absolute Gasteiger partial charge is 0.354 e. The van der Waals surface area contributed by atoms with Crippen molar-refractivity contribution in [3.8, 4) is 0 Å². The summed E-state index contributed by atoms with van der Waals surface area (Å²) in [5.41, 5.74) is 1.28. The normalized spacial score (nSPS) is 28.0. The van der Waals surface area contributed by atoms with Crippen molar-refractivity contribution in [3.63, 3.8) is 0 Å². The lowest BCUT2D eigenvalue weighted by Gasteiger charge is -2.30. The van der Waals surface area contributed by atoms with E-state index >= 15 is 0 Å². The maximum absolute atomic E-state index is 12.3. The summed E-state index contributed by atoms with van der Waals surface area (Å²) in [7, 11) is 1.80. The van der Waals surface area contributed by atoms with Crippen molar-refractivity contribution in [2.75, 3.05) is 7.05 Å². The molecule has 4 unspecified atom stereocenters. The summed E-state index contributed by atoms with van der Waals surface area (Å²) in [4.78, 5) is 16.7. The Morgan fingerprint density at radius 3 is 2.74 bits per heavy atom. The summed E-state index contributed by atoms with van der Waals surface area (Å²) in [6.45, 7) is 4.02. The lowest BCUT2D eigenvalue weighted by atomic mass is 9.85. The molecule has 0 saturated heterocycles. The third-order valence-corrected chi connectivity index (χ3v) is 5.66. The first-order valence-electron chi connectivity index (χ1n) is 10.0. The number of nitrogens with zero attached hydrogens (tertiary/aromatic N) is 1. The molecule has 3 rings (SSSR count). The van der Waals surface area contributed by atoms with Crippen LogP contribution in [0.15, 0.2) is 29.3 Å². The van der Waals surface area contributed by atoms with Crippen molar-refractivity contribution in [2.45, 2.75) is 70.0 Å². The van der Waals surface area contributed by atoms with Crippen LogP contribution in [0.1, 0.15) is 57.4 Å². The second kappa shape index (κ2) is 8.96. The van der Waals surface area contributed by atoms with Crippen molar-refractivity contribution < 1.29 is 4.79 Å². The molecule has 3 N–H and O–H groups in total. The van der Waals surface area contributed by atoms with E-state index in [0.717, 1.165) is 43.1 Å². The van der Waals surface area contributed by atoms with Gasteiger partial charge in [-0.2, -0.15) is 0 Å². The van der Waals surface area contributed by atoms with Gasteiger partial charge in [0.05, 0.1) is 0 Å². The zero-order chi connectivity index (χ0) is 19.4. The van der Waals surface area contributed by atoms with Gasteiger partial charge in [0.25, 0.3) is 0 Å². The van der Waals surface area contributed by atoms with Crippen LogP contribution in [0.25, 0.3) is 0 Å². The lowest BCUT2D eigenvalue weighted by molar-refractivity contribution is -0.126. The first-order valence-corrected chi connectivity index (χ1v) is 10.4. The number of rotatable bonds is 5.